The highest BCUT2D eigenvalue weighted by molar-refractivity contribution is 9.10. The molecule has 134 valence electrons. The van der Waals surface area contributed by atoms with Crippen LogP contribution in [0.2, 0.25) is 0 Å². The van der Waals surface area contributed by atoms with Gasteiger partial charge in [-0.3, -0.25) is 4.79 Å². The number of ether oxygens (including phenoxy) is 1. The maximum absolute atomic E-state index is 12.5. The first kappa shape index (κ1) is 18.8. The molecular weight excluding hydrogens is 416 g/mol. The molecule has 7 heteroatoms. The van der Waals surface area contributed by atoms with Crippen LogP contribution in [0.4, 0.5) is 0 Å². The number of nitrogens with zero attached hydrogens (tertiary/aromatic N) is 2. The van der Waals surface area contributed by atoms with Crippen molar-refractivity contribution in [1.29, 1.82) is 5.26 Å². The summed E-state index contributed by atoms with van der Waals surface area (Å²) in [5.41, 5.74) is 1.25. The largest absolute Gasteiger partial charge is 0.449 e. The van der Waals surface area contributed by atoms with Crippen molar-refractivity contribution >= 4 is 39.7 Å². The van der Waals surface area contributed by atoms with E-state index in [0.29, 0.717) is 37.2 Å². The van der Waals surface area contributed by atoms with E-state index in [4.69, 9.17) is 9.15 Å². The molecule has 1 amide bonds. The SMILES string of the molecule is Cc1ccc(Sc2oc(/C=C(/C#N)C(=O)N3CCOCC3)cc2Br)cc1. The monoisotopic (exact) mass is 432 g/mol. The molecule has 2 heterocycles. The molecule has 0 bridgehead atoms. The number of furan rings is 1. The van der Waals surface area contributed by atoms with Crippen LogP contribution in [-0.4, -0.2) is 37.1 Å². The van der Waals surface area contributed by atoms with Crippen LogP contribution >= 0.6 is 27.7 Å². The van der Waals surface area contributed by atoms with Gasteiger partial charge < -0.3 is 14.1 Å². The van der Waals surface area contributed by atoms with Crippen molar-refractivity contribution in [2.45, 2.75) is 16.9 Å². The zero-order valence-electron chi connectivity index (χ0n) is 14.2. The number of aryl methyl sites for hydroxylation is 1. The lowest BCUT2D eigenvalue weighted by molar-refractivity contribution is -0.130. The summed E-state index contributed by atoms with van der Waals surface area (Å²) in [5, 5.41) is 10.0. The Labute approximate surface area is 164 Å². The summed E-state index contributed by atoms with van der Waals surface area (Å²) in [4.78, 5) is 15.1. The van der Waals surface area contributed by atoms with Crippen molar-refractivity contribution in [3.05, 3.63) is 51.7 Å². The third kappa shape index (κ3) is 4.58. The summed E-state index contributed by atoms with van der Waals surface area (Å²) >= 11 is 4.95. The Morgan fingerprint density at radius 2 is 2.00 bits per heavy atom. The van der Waals surface area contributed by atoms with Crippen molar-refractivity contribution in [2.24, 2.45) is 0 Å². The third-order valence-electron chi connectivity index (χ3n) is 3.84. The van der Waals surface area contributed by atoms with Gasteiger partial charge in [-0.2, -0.15) is 5.26 Å². The van der Waals surface area contributed by atoms with Crippen LogP contribution in [0.3, 0.4) is 0 Å². The van der Waals surface area contributed by atoms with E-state index in [1.165, 1.54) is 23.4 Å². The molecule has 1 aromatic carbocycles. The normalized spacial score (nSPS) is 15.0. The zero-order chi connectivity index (χ0) is 18.5. The van der Waals surface area contributed by atoms with Crippen LogP contribution < -0.4 is 0 Å². The van der Waals surface area contributed by atoms with Gasteiger partial charge in [-0.15, -0.1) is 0 Å². The summed E-state index contributed by atoms with van der Waals surface area (Å²) in [7, 11) is 0. The highest BCUT2D eigenvalue weighted by atomic mass is 79.9. The Bertz CT molecular complexity index is 862. The lowest BCUT2D eigenvalue weighted by Gasteiger charge is -2.26. The zero-order valence-corrected chi connectivity index (χ0v) is 16.6. The molecule has 0 spiro atoms. The van der Waals surface area contributed by atoms with Gasteiger partial charge in [0.05, 0.1) is 17.7 Å². The topological polar surface area (TPSA) is 66.5 Å². The molecule has 26 heavy (non-hydrogen) atoms. The summed E-state index contributed by atoms with van der Waals surface area (Å²) in [6, 6.07) is 11.9. The van der Waals surface area contributed by atoms with Crippen molar-refractivity contribution in [3.63, 3.8) is 0 Å². The predicted octanol–water partition coefficient (Wildman–Crippen LogP) is 4.27. The number of halogens is 1. The third-order valence-corrected chi connectivity index (χ3v) is 5.69. The number of carbonyl (C=O) groups is 1. The number of amides is 1. The minimum Gasteiger partial charge on any atom is -0.449 e. The van der Waals surface area contributed by atoms with Gasteiger partial charge in [0.2, 0.25) is 0 Å². The molecule has 1 aliphatic heterocycles. The molecule has 1 aliphatic rings. The highest BCUT2D eigenvalue weighted by Gasteiger charge is 2.21. The Kier molecular flexibility index (Phi) is 6.20. The first-order valence-electron chi connectivity index (χ1n) is 8.09. The van der Waals surface area contributed by atoms with Crippen LogP contribution in [0, 0.1) is 18.3 Å². The lowest BCUT2D eigenvalue weighted by atomic mass is 10.2. The molecule has 0 atom stereocenters. The number of morpholine rings is 1. The molecule has 1 aromatic heterocycles. The molecule has 5 nitrogen and oxygen atoms in total. The fourth-order valence-corrected chi connectivity index (χ4v) is 3.77. The molecule has 1 saturated heterocycles. The van der Waals surface area contributed by atoms with E-state index >= 15 is 0 Å². The molecule has 1 fully saturated rings. The molecule has 0 radical (unpaired) electrons. The standard InChI is InChI=1S/C19H17BrN2O3S/c1-13-2-4-16(5-3-13)26-19-17(20)11-15(25-19)10-14(12-21)18(23)22-6-8-24-9-7-22/h2-5,10-11H,6-9H2,1H3/b14-10-. The average molecular weight is 433 g/mol. The van der Waals surface area contributed by atoms with E-state index in [2.05, 4.69) is 15.9 Å². The fourth-order valence-electron chi connectivity index (χ4n) is 2.44. The second-order valence-electron chi connectivity index (χ2n) is 5.77. The first-order chi connectivity index (χ1) is 12.6. The Morgan fingerprint density at radius 3 is 2.65 bits per heavy atom. The highest BCUT2D eigenvalue weighted by Crippen LogP contribution is 2.36. The van der Waals surface area contributed by atoms with E-state index in [1.807, 2.05) is 37.3 Å². The van der Waals surface area contributed by atoms with Gasteiger partial charge in [0, 0.05) is 24.1 Å². The minimum absolute atomic E-state index is 0.0556. The first-order valence-corrected chi connectivity index (χ1v) is 9.70. The number of carbonyl (C=O) groups excluding carboxylic acids is 1. The van der Waals surface area contributed by atoms with Crippen molar-refractivity contribution < 1.29 is 13.9 Å². The smallest absolute Gasteiger partial charge is 0.264 e. The molecule has 0 saturated carbocycles. The van der Waals surface area contributed by atoms with Crippen LogP contribution in [0.5, 0.6) is 0 Å². The maximum Gasteiger partial charge on any atom is 0.264 e. The summed E-state index contributed by atoms with van der Waals surface area (Å²) in [6.45, 7) is 4.01. The van der Waals surface area contributed by atoms with Gasteiger partial charge in [0.1, 0.15) is 17.4 Å². The molecule has 0 unspecified atom stereocenters. The minimum atomic E-state index is -0.295. The Hall–Kier alpha value is -2.01. The van der Waals surface area contributed by atoms with Gasteiger partial charge in [-0.1, -0.05) is 29.5 Å². The quantitative estimate of drug-likeness (QED) is 0.532. The Balaban J connectivity index is 1.78. The summed E-state index contributed by atoms with van der Waals surface area (Å²) in [5.74, 6) is 0.167. The van der Waals surface area contributed by atoms with Crippen LogP contribution in [-0.2, 0) is 9.53 Å². The number of nitriles is 1. The summed E-state index contributed by atoms with van der Waals surface area (Å²) in [6.07, 6.45) is 1.49. The number of hydrogen-bond acceptors (Lipinski definition) is 5. The Morgan fingerprint density at radius 1 is 1.31 bits per heavy atom. The summed E-state index contributed by atoms with van der Waals surface area (Å²) < 4.78 is 11.8. The van der Waals surface area contributed by atoms with Crippen molar-refractivity contribution in [2.75, 3.05) is 26.3 Å². The van der Waals surface area contributed by atoms with Gasteiger partial charge in [-0.25, -0.2) is 0 Å². The van der Waals surface area contributed by atoms with E-state index in [9.17, 15) is 10.1 Å². The molecule has 2 aromatic rings. The lowest BCUT2D eigenvalue weighted by Crippen LogP contribution is -2.41. The van der Waals surface area contributed by atoms with E-state index < -0.39 is 0 Å². The van der Waals surface area contributed by atoms with Crippen LogP contribution in [0.1, 0.15) is 11.3 Å². The predicted molar refractivity (Wildman–Crippen MR) is 103 cm³/mol. The molecule has 3 rings (SSSR count). The van der Waals surface area contributed by atoms with E-state index in [0.717, 1.165) is 9.37 Å². The van der Waals surface area contributed by atoms with Gasteiger partial charge in [0.25, 0.3) is 5.91 Å². The van der Waals surface area contributed by atoms with Gasteiger partial charge in [0.15, 0.2) is 5.09 Å². The second kappa shape index (κ2) is 8.58. The number of hydrogen-bond donors (Lipinski definition) is 0. The maximum atomic E-state index is 12.5. The van der Waals surface area contributed by atoms with Gasteiger partial charge >= 0.3 is 0 Å². The van der Waals surface area contributed by atoms with Gasteiger partial charge in [-0.05, 0) is 41.1 Å². The molecule has 0 aliphatic carbocycles. The van der Waals surface area contributed by atoms with Crippen LogP contribution in [0.15, 0.2) is 54.8 Å². The number of rotatable bonds is 4. The fraction of sp³-hybridized carbons (Fsp3) is 0.263. The van der Waals surface area contributed by atoms with E-state index in [1.54, 1.807) is 11.0 Å². The van der Waals surface area contributed by atoms with Crippen molar-refractivity contribution in [1.82, 2.24) is 4.90 Å². The molecular formula is C19H17BrN2O3S. The average Bonchev–Trinajstić information content (AvgIpc) is 3.01. The molecule has 0 N–H and O–H groups in total. The number of benzene rings is 1. The van der Waals surface area contributed by atoms with E-state index in [-0.39, 0.29) is 11.5 Å². The second-order valence-corrected chi connectivity index (χ2v) is 7.67. The van der Waals surface area contributed by atoms with Crippen LogP contribution in [0.25, 0.3) is 6.08 Å². The van der Waals surface area contributed by atoms with Crippen molar-refractivity contribution in [3.8, 4) is 6.07 Å².